The Hall–Kier alpha value is -1.85. The van der Waals surface area contributed by atoms with Gasteiger partial charge in [-0.2, -0.15) is 12.6 Å². The van der Waals surface area contributed by atoms with Gasteiger partial charge in [0.25, 0.3) is 0 Å². The van der Waals surface area contributed by atoms with Crippen LogP contribution in [-0.4, -0.2) is 35.5 Å². The summed E-state index contributed by atoms with van der Waals surface area (Å²) in [5.41, 5.74) is 1.74. The summed E-state index contributed by atoms with van der Waals surface area (Å²) in [7, 11) is 0. The number of nitrogens with zero attached hydrogens (tertiary/aromatic N) is 2. The summed E-state index contributed by atoms with van der Waals surface area (Å²) in [5.74, 6) is -0.0970. The number of likely N-dealkylation sites (tertiary alicyclic amines) is 1. The van der Waals surface area contributed by atoms with Crippen LogP contribution >= 0.6 is 12.6 Å². The molecule has 1 fully saturated rings. The number of rotatable bonds is 6. The molecule has 1 atom stereocenters. The molecule has 1 saturated heterocycles. The average molecular weight is 341 g/mol. The quantitative estimate of drug-likeness (QED) is 0.794. The lowest BCUT2D eigenvalue weighted by Gasteiger charge is -2.28. The van der Waals surface area contributed by atoms with Crippen LogP contribution in [0.1, 0.15) is 24.1 Å². The fraction of sp³-hybridized carbons (Fsp3) is 0.368. The smallest absolute Gasteiger partial charge is 0.243 e. The van der Waals surface area contributed by atoms with Crippen LogP contribution in [0.2, 0.25) is 0 Å². The first kappa shape index (κ1) is 17.0. The molecular formula is C19H23N3OS. The van der Waals surface area contributed by atoms with E-state index in [4.69, 9.17) is 12.6 Å². The maximum atomic E-state index is 13.0. The topological polar surface area (TPSA) is 45.2 Å². The standard InChI is InChI=1S/C19H23N3OS/c23-18(21-15-22-12-6-7-13-22)19(24,17-10-4-5-11-20-17)14-16-8-2-1-3-9-16/h1-5,8-11,24H,6-7,12-15H2,(H,21,23). The Morgan fingerprint density at radius 1 is 1.12 bits per heavy atom. The highest BCUT2D eigenvalue weighted by molar-refractivity contribution is 7.82. The second kappa shape index (κ2) is 7.81. The van der Waals surface area contributed by atoms with Crippen LogP contribution in [0.25, 0.3) is 0 Å². The third-order valence-corrected chi connectivity index (χ3v) is 5.02. The van der Waals surface area contributed by atoms with Crippen molar-refractivity contribution in [1.82, 2.24) is 15.2 Å². The van der Waals surface area contributed by atoms with Gasteiger partial charge < -0.3 is 5.32 Å². The molecule has 1 amide bonds. The van der Waals surface area contributed by atoms with Crippen molar-refractivity contribution in [3.63, 3.8) is 0 Å². The fourth-order valence-electron chi connectivity index (χ4n) is 3.06. The van der Waals surface area contributed by atoms with Crippen molar-refractivity contribution in [2.24, 2.45) is 0 Å². The van der Waals surface area contributed by atoms with Crippen molar-refractivity contribution < 1.29 is 4.79 Å². The highest BCUT2D eigenvalue weighted by atomic mass is 32.1. The van der Waals surface area contributed by atoms with E-state index >= 15 is 0 Å². The molecule has 0 aliphatic carbocycles. The van der Waals surface area contributed by atoms with Gasteiger partial charge in [-0.15, -0.1) is 0 Å². The Bertz CT molecular complexity index is 659. The predicted molar refractivity (Wildman–Crippen MR) is 98.9 cm³/mol. The monoisotopic (exact) mass is 341 g/mol. The minimum atomic E-state index is -0.984. The summed E-state index contributed by atoms with van der Waals surface area (Å²) in [6.07, 6.45) is 4.61. The molecule has 1 unspecified atom stereocenters. The van der Waals surface area contributed by atoms with Gasteiger partial charge in [-0.1, -0.05) is 36.4 Å². The molecule has 1 aliphatic heterocycles. The summed E-state index contributed by atoms with van der Waals surface area (Å²) >= 11 is 4.80. The minimum Gasteiger partial charge on any atom is -0.342 e. The Morgan fingerprint density at radius 2 is 1.83 bits per heavy atom. The lowest BCUT2D eigenvalue weighted by molar-refractivity contribution is -0.124. The maximum Gasteiger partial charge on any atom is 0.243 e. The number of hydrogen-bond donors (Lipinski definition) is 2. The summed E-state index contributed by atoms with van der Waals surface area (Å²) in [4.78, 5) is 19.6. The number of nitrogens with one attached hydrogen (secondary N) is 1. The molecule has 1 aliphatic rings. The van der Waals surface area contributed by atoms with Crippen molar-refractivity contribution in [3.05, 3.63) is 66.0 Å². The van der Waals surface area contributed by atoms with Crippen molar-refractivity contribution in [3.8, 4) is 0 Å². The molecule has 3 rings (SSSR count). The van der Waals surface area contributed by atoms with Crippen molar-refractivity contribution in [2.75, 3.05) is 19.8 Å². The van der Waals surface area contributed by atoms with E-state index in [-0.39, 0.29) is 5.91 Å². The zero-order chi connectivity index (χ0) is 16.8. The van der Waals surface area contributed by atoms with Crippen LogP contribution in [-0.2, 0) is 16.0 Å². The molecule has 0 saturated carbocycles. The van der Waals surface area contributed by atoms with Crippen LogP contribution in [0.5, 0.6) is 0 Å². The van der Waals surface area contributed by atoms with Gasteiger partial charge in [0.2, 0.25) is 5.91 Å². The number of hydrogen-bond acceptors (Lipinski definition) is 4. The molecule has 1 aromatic heterocycles. The summed E-state index contributed by atoms with van der Waals surface area (Å²) in [6.45, 7) is 2.66. The summed E-state index contributed by atoms with van der Waals surface area (Å²) in [5, 5.41) is 3.05. The van der Waals surface area contributed by atoms with Gasteiger partial charge in [-0.05, 0) is 43.6 Å². The van der Waals surface area contributed by atoms with Gasteiger partial charge in [0.15, 0.2) is 0 Å². The molecule has 126 valence electrons. The molecule has 1 N–H and O–H groups in total. The predicted octanol–water partition coefficient (Wildman–Crippen LogP) is 2.62. The Kier molecular flexibility index (Phi) is 5.53. The first-order valence-electron chi connectivity index (χ1n) is 8.37. The Balaban J connectivity index is 1.79. The number of amides is 1. The average Bonchev–Trinajstić information content (AvgIpc) is 3.14. The zero-order valence-electron chi connectivity index (χ0n) is 13.7. The van der Waals surface area contributed by atoms with Crippen LogP contribution in [0, 0.1) is 0 Å². The van der Waals surface area contributed by atoms with Gasteiger partial charge in [-0.3, -0.25) is 14.7 Å². The molecular weight excluding hydrogens is 318 g/mol. The van der Waals surface area contributed by atoms with Crippen LogP contribution in [0.4, 0.5) is 0 Å². The molecule has 2 aromatic rings. The molecule has 24 heavy (non-hydrogen) atoms. The molecule has 0 spiro atoms. The van der Waals surface area contributed by atoms with Gasteiger partial charge in [0.05, 0.1) is 12.4 Å². The van der Waals surface area contributed by atoms with E-state index in [0.717, 1.165) is 18.7 Å². The minimum absolute atomic E-state index is 0.0970. The third kappa shape index (κ3) is 3.97. The molecule has 4 nitrogen and oxygen atoms in total. The SMILES string of the molecule is O=C(NCN1CCCC1)C(S)(Cc1ccccc1)c1ccccn1. The lowest BCUT2D eigenvalue weighted by atomic mass is 9.93. The first-order valence-corrected chi connectivity index (χ1v) is 8.82. The van der Waals surface area contributed by atoms with E-state index in [9.17, 15) is 4.79 Å². The Morgan fingerprint density at radius 3 is 2.50 bits per heavy atom. The van der Waals surface area contributed by atoms with Gasteiger partial charge in [-0.25, -0.2) is 0 Å². The first-order chi connectivity index (χ1) is 11.7. The van der Waals surface area contributed by atoms with Crippen molar-refractivity contribution in [2.45, 2.75) is 24.0 Å². The van der Waals surface area contributed by atoms with Gasteiger partial charge in [0.1, 0.15) is 4.75 Å². The number of thiol groups is 1. The van der Waals surface area contributed by atoms with E-state index in [0.29, 0.717) is 18.8 Å². The van der Waals surface area contributed by atoms with E-state index in [2.05, 4.69) is 15.2 Å². The van der Waals surface area contributed by atoms with Gasteiger partial charge >= 0.3 is 0 Å². The number of carbonyl (C=O) groups excluding carboxylic acids is 1. The highest BCUT2D eigenvalue weighted by Gasteiger charge is 2.38. The van der Waals surface area contributed by atoms with Gasteiger partial charge in [0, 0.05) is 12.6 Å². The lowest BCUT2D eigenvalue weighted by Crippen LogP contribution is -2.46. The summed E-state index contributed by atoms with van der Waals surface area (Å²) < 4.78 is -0.984. The van der Waals surface area contributed by atoms with Crippen molar-refractivity contribution >= 4 is 18.5 Å². The van der Waals surface area contributed by atoms with Crippen LogP contribution in [0.3, 0.4) is 0 Å². The third-order valence-electron chi connectivity index (χ3n) is 4.43. The Labute approximate surface area is 148 Å². The molecule has 5 heteroatoms. The molecule has 0 radical (unpaired) electrons. The molecule has 1 aromatic carbocycles. The van der Waals surface area contributed by atoms with Crippen molar-refractivity contribution in [1.29, 1.82) is 0 Å². The van der Waals surface area contributed by atoms with E-state index < -0.39 is 4.75 Å². The zero-order valence-corrected chi connectivity index (χ0v) is 14.6. The fourth-order valence-corrected chi connectivity index (χ4v) is 3.45. The maximum absolute atomic E-state index is 13.0. The normalized spacial score (nSPS) is 17.4. The largest absolute Gasteiger partial charge is 0.342 e. The summed E-state index contributed by atoms with van der Waals surface area (Å²) in [6, 6.07) is 15.6. The van der Waals surface area contributed by atoms with Crippen LogP contribution < -0.4 is 5.32 Å². The van der Waals surface area contributed by atoms with Crippen LogP contribution in [0.15, 0.2) is 54.7 Å². The van der Waals surface area contributed by atoms with E-state index in [1.807, 2.05) is 48.5 Å². The number of carbonyl (C=O) groups is 1. The highest BCUT2D eigenvalue weighted by Crippen LogP contribution is 2.31. The number of aromatic nitrogens is 1. The second-order valence-electron chi connectivity index (χ2n) is 6.23. The number of pyridine rings is 1. The second-order valence-corrected chi connectivity index (χ2v) is 6.99. The molecule has 2 heterocycles. The van der Waals surface area contributed by atoms with E-state index in [1.165, 1.54) is 12.8 Å². The van der Waals surface area contributed by atoms with E-state index in [1.54, 1.807) is 6.20 Å². The number of benzene rings is 1. The molecule has 0 bridgehead atoms.